The first-order valence-corrected chi connectivity index (χ1v) is 5.50. The summed E-state index contributed by atoms with van der Waals surface area (Å²) in [6.07, 6.45) is 0.476. The van der Waals surface area contributed by atoms with Gasteiger partial charge < -0.3 is 9.84 Å². The van der Waals surface area contributed by atoms with Crippen LogP contribution in [0.3, 0.4) is 0 Å². The molecule has 1 N–H and O–H groups in total. The predicted molar refractivity (Wildman–Crippen MR) is 67.6 cm³/mol. The van der Waals surface area contributed by atoms with E-state index in [1.165, 1.54) is 4.90 Å². The molecule has 5 heteroatoms. The molecule has 0 unspecified atom stereocenters. The summed E-state index contributed by atoms with van der Waals surface area (Å²) in [5.74, 6) is -0.503. The van der Waals surface area contributed by atoms with E-state index < -0.39 is 12.1 Å². The quantitative estimate of drug-likeness (QED) is 0.477. The highest BCUT2D eigenvalue weighted by atomic mass is 16.5. The topological polar surface area (TPSA) is 66.8 Å². The fraction of sp³-hybridized carbons (Fsp3) is 0.231. The summed E-state index contributed by atoms with van der Waals surface area (Å²) in [7, 11) is 0. The van der Waals surface area contributed by atoms with Crippen LogP contribution in [0.25, 0.3) is 0 Å². The number of carbonyl (C=O) groups is 2. The van der Waals surface area contributed by atoms with Crippen molar-refractivity contribution in [2.75, 3.05) is 18.1 Å². The van der Waals surface area contributed by atoms with Gasteiger partial charge in [0.25, 0.3) is 0 Å². The molecule has 0 spiro atoms. The van der Waals surface area contributed by atoms with Crippen molar-refractivity contribution in [2.24, 2.45) is 0 Å². The van der Waals surface area contributed by atoms with Crippen molar-refractivity contribution < 1.29 is 19.4 Å². The molecular formula is C13H15NO4. The minimum atomic E-state index is -1.03. The number of esters is 1. The van der Waals surface area contributed by atoms with Crippen LogP contribution in [-0.2, 0) is 9.53 Å². The van der Waals surface area contributed by atoms with Crippen LogP contribution in [0.15, 0.2) is 43.0 Å². The summed E-state index contributed by atoms with van der Waals surface area (Å²) in [6.45, 7) is 3.71. The number of hydrogen-bond acceptors (Lipinski definition) is 3. The van der Waals surface area contributed by atoms with Gasteiger partial charge in [-0.2, -0.15) is 0 Å². The fourth-order valence-electron chi connectivity index (χ4n) is 1.40. The SMILES string of the molecule is C=CC(=O)OCCCN(C(=O)O)c1ccccc1. The zero-order valence-corrected chi connectivity index (χ0v) is 9.91. The third-order valence-electron chi connectivity index (χ3n) is 2.24. The normalized spacial score (nSPS) is 9.56. The van der Waals surface area contributed by atoms with E-state index in [4.69, 9.17) is 9.84 Å². The lowest BCUT2D eigenvalue weighted by Gasteiger charge is -2.18. The molecule has 0 atom stereocenters. The maximum absolute atomic E-state index is 11.1. The Kier molecular flexibility index (Phi) is 5.44. The van der Waals surface area contributed by atoms with Gasteiger partial charge in [-0.1, -0.05) is 24.8 Å². The van der Waals surface area contributed by atoms with Crippen molar-refractivity contribution >= 4 is 17.7 Å². The molecule has 1 aromatic rings. The summed E-state index contributed by atoms with van der Waals surface area (Å²) in [5.41, 5.74) is 0.597. The summed E-state index contributed by atoms with van der Waals surface area (Å²) in [6, 6.07) is 8.77. The Balaban J connectivity index is 2.48. The van der Waals surface area contributed by atoms with Crippen molar-refractivity contribution in [3.63, 3.8) is 0 Å². The number of hydrogen-bond donors (Lipinski definition) is 1. The van der Waals surface area contributed by atoms with Gasteiger partial charge >= 0.3 is 12.1 Å². The van der Waals surface area contributed by atoms with Crippen LogP contribution in [0.4, 0.5) is 10.5 Å². The fourth-order valence-corrected chi connectivity index (χ4v) is 1.40. The lowest BCUT2D eigenvalue weighted by atomic mass is 10.3. The number of carboxylic acid groups (broad SMARTS) is 1. The highest BCUT2D eigenvalue weighted by Crippen LogP contribution is 2.13. The van der Waals surface area contributed by atoms with Crippen molar-refractivity contribution in [3.8, 4) is 0 Å². The maximum Gasteiger partial charge on any atom is 0.411 e. The molecule has 0 fully saturated rings. The highest BCUT2D eigenvalue weighted by Gasteiger charge is 2.13. The molecule has 5 nitrogen and oxygen atoms in total. The van der Waals surface area contributed by atoms with Gasteiger partial charge in [-0.3, -0.25) is 4.90 Å². The highest BCUT2D eigenvalue weighted by molar-refractivity contribution is 5.85. The molecule has 0 bridgehead atoms. The summed E-state index contributed by atoms with van der Waals surface area (Å²) in [4.78, 5) is 23.1. The number of anilines is 1. The van der Waals surface area contributed by atoms with E-state index >= 15 is 0 Å². The molecule has 0 saturated heterocycles. The number of rotatable bonds is 6. The number of carbonyl (C=O) groups excluding carboxylic acids is 1. The minimum absolute atomic E-state index is 0.168. The van der Waals surface area contributed by atoms with E-state index in [1.807, 2.05) is 6.07 Å². The Hall–Kier alpha value is -2.30. The molecule has 0 aliphatic heterocycles. The monoisotopic (exact) mass is 249 g/mol. The standard InChI is InChI=1S/C13H15NO4/c1-2-12(15)18-10-6-9-14(13(16)17)11-7-4-3-5-8-11/h2-5,7-8H,1,6,9-10H2,(H,16,17). The van der Waals surface area contributed by atoms with Crippen LogP contribution in [-0.4, -0.2) is 30.3 Å². The molecule has 1 rings (SSSR count). The number of nitrogens with zero attached hydrogens (tertiary/aromatic N) is 1. The first-order valence-electron chi connectivity index (χ1n) is 5.50. The maximum atomic E-state index is 11.1. The molecular weight excluding hydrogens is 234 g/mol. The van der Waals surface area contributed by atoms with Gasteiger partial charge in [-0.25, -0.2) is 9.59 Å². The Labute approximate surface area is 105 Å². The van der Waals surface area contributed by atoms with Gasteiger partial charge in [0.05, 0.1) is 6.61 Å². The van der Waals surface area contributed by atoms with Crippen LogP contribution >= 0.6 is 0 Å². The molecule has 0 aromatic heterocycles. The van der Waals surface area contributed by atoms with Crippen molar-refractivity contribution in [2.45, 2.75) is 6.42 Å². The van der Waals surface area contributed by atoms with Crippen LogP contribution in [0.2, 0.25) is 0 Å². The zero-order chi connectivity index (χ0) is 13.4. The molecule has 0 aliphatic carbocycles. The van der Waals surface area contributed by atoms with Crippen LogP contribution in [0.5, 0.6) is 0 Å². The van der Waals surface area contributed by atoms with Crippen molar-refractivity contribution in [1.29, 1.82) is 0 Å². The molecule has 18 heavy (non-hydrogen) atoms. The molecule has 0 heterocycles. The molecule has 0 aliphatic rings. The average molecular weight is 249 g/mol. The summed E-state index contributed by atoms with van der Waals surface area (Å²) >= 11 is 0. The van der Waals surface area contributed by atoms with Gasteiger partial charge in [0.1, 0.15) is 0 Å². The second-order valence-corrected chi connectivity index (χ2v) is 3.49. The van der Waals surface area contributed by atoms with Crippen molar-refractivity contribution in [1.82, 2.24) is 0 Å². The van der Waals surface area contributed by atoms with E-state index in [0.29, 0.717) is 12.1 Å². The van der Waals surface area contributed by atoms with E-state index in [-0.39, 0.29) is 13.2 Å². The minimum Gasteiger partial charge on any atom is -0.465 e. The van der Waals surface area contributed by atoms with E-state index in [1.54, 1.807) is 24.3 Å². The number of benzene rings is 1. The van der Waals surface area contributed by atoms with E-state index in [0.717, 1.165) is 6.08 Å². The van der Waals surface area contributed by atoms with Gasteiger partial charge in [-0.15, -0.1) is 0 Å². The molecule has 1 aromatic carbocycles. The molecule has 1 amide bonds. The third kappa shape index (κ3) is 4.29. The lowest BCUT2D eigenvalue weighted by molar-refractivity contribution is -0.137. The Morgan fingerprint density at radius 3 is 2.56 bits per heavy atom. The lowest BCUT2D eigenvalue weighted by Crippen LogP contribution is -2.30. The molecule has 96 valence electrons. The summed E-state index contributed by atoms with van der Waals surface area (Å²) in [5, 5.41) is 9.08. The van der Waals surface area contributed by atoms with Gasteiger partial charge in [0.15, 0.2) is 0 Å². The van der Waals surface area contributed by atoms with E-state index in [9.17, 15) is 9.59 Å². The van der Waals surface area contributed by atoms with Gasteiger partial charge in [0, 0.05) is 18.3 Å². The Morgan fingerprint density at radius 2 is 2.00 bits per heavy atom. The Bertz CT molecular complexity index is 416. The van der Waals surface area contributed by atoms with Crippen LogP contribution in [0, 0.1) is 0 Å². The van der Waals surface area contributed by atoms with Crippen LogP contribution < -0.4 is 4.90 Å². The predicted octanol–water partition coefficient (Wildman–Crippen LogP) is 2.29. The van der Waals surface area contributed by atoms with Crippen molar-refractivity contribution in [3.05, 3.63) is 43.0 Å². The number of ether oxygens (including phenoxy) is 1. The average Bonchev–Trinajstić information content (AvgIpc) is 2.38. The van der Waals surface area contributed by atoms with E-state index in [2.05, 4.69) is 6.58 Å². The molecule has 0 saturated carbocycles. The third-order valence-corrected chi connectivity index (χ3v) is 2.24. The van der Waals surface area contributed by atoms with Crippen LogP contribution in [0.1, 0.15) is 6.42 Å². The number of para-hydroxylation sites is 1. The van der Waals surface area contributed by atoms with Gasteiger partial charge in [0.2, 0.25) is 0 Å². The second-order valence-electron chi connectivity index (χ2n) is 3.49. The number of amides is 1. The molecule has 0 radical (unpaired) electrons. The largest absolute Gasteiger partial charge is 0.465 e. The zero-order valence-electron chi connectivity index (χ0n) is 9.91. The van der Waals surface area contributed by atoms with Gasteiger partial charge in [-0.05, 0) is 18.6 Å². The first-order chi connectivity index (χ1) is 8.65. The Morgan fingerprint density at radius 1 is 1.33 bits per heavy atom. The second kappa shape index (κ2) is 7.11. The summed E-state index contributed by atoms with van der Waals surface area (Å²) < 4.78 is 4.78. The smallest absolute Gasteiger partial charge is 0.411 e. The first kappa shape index (κ1) is 13.8.